The Labute approximate surface area is 158 Å². The van der Waals surface area contributed by atoms with E-state index >= 15 is 0 Å². The second-order valence-corrected chi connectivity index (χ2v) is 9.65. The number of ether oxygens (including phenoxy) is 1. The average molecular weight is 353 g/mol. The molecule has 0 saturated carbocycles. The molecule has 1 N–H and O–H groups in total. The van der Waals surface area contributed by atoms with Crippen LogP contribution in [0, 0.1) is 5.92 Å². The Morgan fingerprint density at radius 3 is 2.19 bits per heavy atom. The molecule has 0 spiro atoms. The molecule has 0 saturated heterocycles. The summed E-state index contributed by atoms with van der Waals surface area (Å²) in [6, 6.07) is 14.8. The number of hydrogen-bond acceptors (Lipinski definition) is 2. The lowest BCUT2D eigenvalue weighted by molar-refractivity contribution is 0.0495. The lowest BCUT2D eigenvalue weighted by Gasteiger charge is -2.36. The minimum absolute atomic E-state index is 0.0289. The van der Waals surface area contributed by atoms with Gasteiger partial charge in [0.2, 0.25) is 0 Å². The van der Waals surface area contributed by atoms with Crippen LogP contribution in [0.2, 0.25) is 0 Å². The van der Waals surface area contributed by atoms with E-state index in [1.54, 1.807) is 0 Å². The van der Waals surface area contributed by atoms with Crippen molar-refractivity contribution in [3.05, 3.63) is 64.7 Å². The molecule has 3 rings (SSSR count). The first-order valence-corrected chi connectivity index (χ1v) is 9.61. The first-order chi connectivity index (χ1) is 12.1. The van der Waals surface area contributed by atoms with Crippen molar-refractivity contribution in [2.45, 2.75) is 64.9 Å². The van der Waals surface area contributed by atoms with Gasteiger partial charge in [-0.15, -0.1) is 0 Å². The Bertz CT molecular complexity index is 763. The van der Waals surface area contributed by atoms with Gasteiger partial charge in [0.1, 0.15) is 5.75 Å². The van der Waals surface area contributed by atoms with Crippen LogP contribution in [-0.4, -0.2) is 11.7 Å². The number of rotatable bonds is 2. The molecular weight excluding hydrogens is 320 g/mol. The van der Waals surface area contributed by atoms with Gasteiger partial charge in [-0.3, -0.25) is 0 Å². The van der Waals surface area contributed by atoms with Crippen LogP contribution in [0.15, 0.2) is 42.5 Å². The summed E-state index contributed by atoms with van der Waals surface area (Å²) in [4.78, 5) is 0. The van der Waals surface area contributed by atoms with E-state index in [0.29, 0.717) is 6.61 Å². The van der Waals surface area contributed by atoms with Crippen LogP contribution >= 0.6 is 0 Å². The standard InChI is InChI=1S/C24H32O2/c1-23(2,3)18-13-19-21(25)17(12-16-10-8-7-9-11-16)15-26-22(19)20(14-18)24(4,5)6/h7-11,13-14,17,21,25H,12,15H2,1-6H3. The Morgan fingerprint density at radius 2 is 1.62 bits per heavy atom. The van der Waals surface area contributed by atoms with Gasteiger partial charge in [-0.05, 0) is 34.4 Å². The van der Waals surface area contributed by atoms with Crippen LogP contribution in [0.25, 0.3) is 0 Å². The van der Waals surface area contributed by atoms with E-state index in [2.05, 4.69) is 77.9 Å². The van der Waals surface area contributed by atoms with Gasteiger partial charge in [0.25, 0.3) is 0 Å². The molecule has 2 heteroatoms. The zero-order valence-corrected chi connectivity index (χ0v) is 17.0. The van der Waals surface area contributed by atoms with Crippen molar-refractivity contribution in [3.63, 3.8) is 0 Å². The first kappa shape index (κ1) is 19.0. The van der Waals surface area contributed by atoms with E-state index in [1.807, 2.05) is 6.07 Å². The van der Waals surface area contributed by atoms with Gasteiger partial charge in [0.05, 0.1) is 12.7 Å². The number of aliphatic hydroxyl groups is 1. The van der Waals surface area contributed by atoms with E-state index in [9.17, 15) is 5.11 Å². The summed E-state index contributed by atoms with van der Waals surface area (Å²) in [6.07, 6.45) is 0.328. The molecule has 0 radical (unpaired) electrons. The Morgan fingerprint density at radius 1 is 0.962 bits per heavy atom. The van der Waals surface area contributed by atoms with E-state index in [1.165, 1.54) is 16.7 Å². The van der Waals surface area contributed by atoms with Gasteiger partial charge in [0, 0.05) is 17.0 Å². The molecule has 26 heavy (non-hydrogen) atoms. The van der Waals surface area contributed by atoms with Gasteiger partial charge < -0.3 is 9.84 Å². The summed E-state index contributed by atoms with van der Waals surface area (Å²) in [5.74, 6) is 0.968. The maximum Gasteiger partial charge on any atom is 0.128 e. The zero-order chi connectivity index (χ0) is 19.1. The third-order valence-corrected chi connectivity index (χ3v) is 5.34. The summed E-state index contributed by atoms with van der Waals surface area (Å²) >= 11 is 0. The predicted octanol–water partition coefficient (Wildman–Crippen LogP) is 5.57. The van der Waals surface area contributed by atoms with Crippen molar-refractivity contribution >= 4 is 0 Å². The van der Waals surface area contributed by atoms with Crippen molar-refractivity contribution in [1.29, 1.82) is 0 Å². The molecule has 0 fully saturated rings. The predicted molar refractivity (Wildman–Crippen MR) is 108 cm³/mol. The van der Waals surface area contributed by atoms with Gasteiger partial charge >= 0.3 is 0 Å². The lowest BCUT2D eigenvalue weighted by atomic mass is 9.76. The third kappa shape index (κ3) is 3.81. The van der Waals surface area contributed by atoms with Gasteiger partial charge in [0.15, 0.2) is 0 Å². The normalized spacial score (nSPS) is 20.4. The van der Waals surface area contributed by atoms with Crippen LogP contribution in [0.4, 0.5) is 0 Å². The average Bonchev–Trinajstić information content (AvgIpc) is 2.56. The van der Waals surface area contributed by atoms with E-state index in [0.717, 1.165) is 17.7 Å². The fourth-order valence-corrected chi connectivity index (χ4v) is 3.65. The highest BCUT2D eigenvalue weighted by atomic mass is 16.5. The van der Waals surface area contributed by atoms with Crippen LogP contribution in [0.5, 0.6) is 5.75 Å². The Hall–Kier alpha value is -1.80. The number of aliphatic hydroxyl groups excluding tert-OH is 1. The second-order valence-electron chi connectivity index (χ2n) is 9.65. The summed E-state index contributed by atoms with van der Waals surface area (Å²) < 4.78 is 6.24. The first-order valence-electron chi connectivity index (χ1n) is 9.61. The number of hydrogen-bond donors (Lipinski definition) is 1. The molecule has 1 heterocycles. The Kier molecular flexibility index (Phi) is 4.92. The molecule has 2 nitrogen and oxygen atoms in total. The second kappa shape index (κ2) is 6.74. The van der Waals surface area contributed by atoms with Crippen LogP contribution < -0.4 is 4.74 Å². The minimum atomic E-state index is -0.498. The van der Waals surface area contributed by atoms with Crippen molar-refractivity contribution in [1.82, 2.24) is 0 Å². The molecule has 2 unspecified atom stereocenters. The number of benzene rings is 2. The highest BCUT2D eigenvalue weighted by Gasteiger charge is 2.35. The fourth-order valence-electron chi connectivity index (χ4n) is 3.65. The summed E-state index contributed by atoms with van der Waals surface area (Å²) in [6.45, 7) is 13.8. The SMILES string of the molecule is CC(C)(C)c1cc2c(c(C(C)(C)C)c1)OCC(Cc1ccccc1)C2O. The summed E-state index contributed by atoms with van der Waals surface area (Å²) in [5, 5.41) is 11.2. The topological polar surface area (TPSA) is 29.5 Å². The maximum atomic E-state index is 11.2. The number of fused-ring (bicyclic) bond motifs is 1. The van der Waals surface area contributed by atoms with Crippen LogP contribution in [-0.2, 0) is 17.3 Å². The van der Waals surface area contributed by atoms with Crippen LogP contribution in [0.3, 0.4) is 0 Å². The molecule has 1 aliphatic rings. The maximum absolute atomic E-state index is 11.2. The van der Waals surface area contributed by atoms with Crippen molar-refractivity contribution in [2.24, 2.45) is 5.92 Å². The van der Waals surface area contributed by atoms with E-state index in [-0.39, 0.29) is 16.7 Å². The quantitative estimate of drug-likeness (QED) is 0.766. The summed E-state index contributed by atoms with van der Waals surface area (Å²) in [7, 11) is 0. The van der Waals surface area contributed by atoms with Gasteiger partial charge in [-0.25, -0.2) is 0 Å². The highest BCUT2D eigenvalue weighted by molar-refractivity contribution is 5.51. The molecule has 2 aromatic rings. The molecule has 0 amide bonds. The molecule has 0 aliphatic carbocycles. The van der Waals surface area contributed by atoms with E-state index in [4.69, 9.17) is 4.74 Å². The van der Waals surface area contributed by atoms with Crippen LogP contribution in [0.1, 0.15) is 69.9 Å². The molecule has 1 aliphatic heterocycles. The Balaban J connectivity index is 2.03. The smallest absolute Gasteiger partial charge is 0.128 e. The molecule has 2 aromatic carbocycles. The van der Waals surface area contributed by atoms with Gasteiger partial charge in [-0.1, -0.05) is 77.9 Å². The third-order valence-electron chi connectivity index (χ3n) is 5.34. The molecule has 2 atom stereocenters. The van der Waals surface area contributed by atoms with Crippen molar-refractivity contribution in [2.75, 3.05) is 6.61 Å². The largest absolute Gasteiger partial charge is 0.492 e. The fraction of sp³-hybridized carbons (Fsp3) is 0.500. The highest BCUT2D eigenvalue weighted by Crippen LogP contribution is 2.45. The molecule has 0 aromatic heterocycles. The summed E-state index contributed by atoms with van der Waals surface area (Å²) in [5.41, 5.74) is 4.64. The van der Waals surface area contributed by atoms with Crippen molar-refractivity contribution in [3.8, 4) is 5.75 Å². The molecule has 140 valence electrons. The van der Waals surface area contributed by atoms with Crippen molar-refractivity contribution < 1.29 is 9.84 Å². The monoisotopic (exact) mass is 352 g/mol. The molecule has 0 bridgehead atoms. The minimum Gasteiger partial charge on any atom is -0.492 e. The zero-order valence-electron chi connectivity index (χ0n) is 17.0. The van der Waals surface area contributed by atoms with E-state index < -0.39 is 6.10 Å². The molecular formula is C24H32O2. The lowest BCUT2D eigenvalue weighted by Crippen LogP contribution is -2.30. The van der Waals surface area contributed by atoms with Gasteiger partial charge in [-0.2, -0.15) is 0 Å².